The van der Waals surface area contributed by atoms with Crippen molar-refractivity contribution in [3.05, 3.63) is 35.9 Å². The summed E-state index contributed by atoms with van der Waals surface area (Å²) in [7, 11) is 1.65. The molecule has 5 heteroatoms. The fourth-order valence-corrected chi connectivity index (χ4v) is 1.82. The first-order chi connectivity index (χ1) is 9.00. The molecule has 0 spiro atoms. The van der Waals surface area contributed by atoms with Crippen molar-refractivity contribution in [3.8, 4) is 0 Å². The second kappa shape index (κ2) is 7.53. The number of carbonyl (C=O) groups is 2. The van der Waals surface area contributed by atoms with Gasteiger partial charge in [0.15, 0.2) is 0 Å². The monoisotopic (exact) mass is 264 g/mol. The molecule has 1 aromatic rings. The van der Waals surface area contributed by atoms with E-state index in [1.165, 1.54) is 4.90 Å². The molecular formula is C14H20N2O3. The van der Waals surface area contributed by atoms with Gasteiger partial charge in [-0.2, -0.15) is 0 Å². The Kier molecular flexibility index (Phi) is 6.02. The summed E-state index contributed by atoms with van der Waals surface area (Å²) in [5.74, 6) is -1.01. The summed E-state index contributed by atoms with van der Waals surface area (Å²) >= 11 is 0. The van der Waals surface area contributed by atoms with Gasteiger partial charge in [0.2, 0.25) is 5.91 Å². The number of carboxylic acids is 1. The zero-order valence-corrected chi connectivity index (χ0v) is 11.1. The van der Waals surface area contributed by atoms with E-state index in [2.05, 4.69) is 0 Å². The molecule has 0 heterocycles. The SMILES string of the molecule is CN(CCCC(=O)O)C(=O)[C@H](N)Cc1ccccc1. The predicted molar refractivity (Wildman–Crippen MR) is 72.6 cm³/mol. The quantitative estimate of drug-likeness (QED) is 0.765. The maximum atomic E-state index is 12.0. The normalized spacial score (nSPS) is 11.9. The molecule has 0 aliphatic heterocycles. The number of hydrogen-bond donors (Lipinski definition) is 2. The van der Waals surface area contributed by atoms with Gasteiger partial charge in [-0.15, -0.1) is 0 Å². The minimum atomic E-state index is -0.852. The third-order valence-electron chi connectivity index (χ3n) is 2.88. The van der Waals surface area contributed by atoms with E-state index in [4.69, 9.17) is 10.8 Å². The molecule has 19 heavy (non-hydrogen) atoms. The van der Waals surface area contributed by atoms with Gasteiger partial charge in [0.05, 0.1) is 6.04 Å². The van der Waals surface area contributed by atoms with Crippen LogP contribution in [-0.4, -0.2) is 41.5 Å². The van der Waals surface area contributed by atoms with E-state index in [9.17, 15) is 9.59 Å². The van der Waals surface area contributed by atoms with Gasteiger partial charge in [-0.3, -0.25) is 9.59 Å². The largest absolute Gasteiger partial charge is 0.481 e. The number of hydrogen-bond acceptors (Lipinski definition) is 3. The summed E-state index contributed by atoms with van der Waals surface area (Å²) in [6.45, 7) is 0.410. The molecular weight excluding hydrogens is 244 g/mol. The van der Waals surface area contributed by atoms with Gasteiger partial charge in [0.25, 0.3) is 0 Å². The van der Waals surface area contributed by atoms with Crippen LogP contribution in [0.4, 0.5) is 0 Å². The molecule has 1 rings (SSSR count). The highest BCUT2D eigenvalue weighted by Crippen LogP contribution is 2.04. The topological polar surface area (TPSA) is 83.6 Å². The Morgan fingerprint density at radius 1 is 1.32 bits per heavy atom. The number of rotatable bonds is 7. The molecule has 0 bridgehead atoms. The third-order valence-corrected chi connectivity index (χ3v) is 2.88. The van der Waals surface area contributed by atoms with Gasteiger partial charge >= 0.3 is 5.97 Å². The summed E-state index contributed by atoms with van der Waals surface area (Å²) in [5, 5.41) is 8.54. The molecule has 104 valence electrons. The van der Waals surface area contributed by atoms with Crippen LogP contribution >= 0.6 is 0 Å². The lowest BCUT2D eigenvalue weighted by atomic mass is 10.1. The molecule has 0 fully saturated rings. The van der Waals surface area contributed by atoms with Crippen molar-refractivity contribution in [2.24, 2.45) is 5.73 Å². The van der Waals surface area contributed by atoms with Crippen LogP contribution in [0.3, 0.4) is 0 Å². The van der Waals surface area contributed by atoms with Crippen molar-refractivity contribution in [2.75, 3.05) is 13.6 Å². The first-order valence-electron chi connectivity index (χ1n) is 6.27. The lowest BCUT2D eigenvalue weighted by Crippen LogP contribution is -2.43. The standard InChI is InChI=1S/C14H20N2O3/c1-16(9-5-8-13(17)18)14(19)12(15)10-11-6-3-2-4-7-11/h2-4,6-7,12H,5,8-10,15H2,1H3,(H,17,18)/t12-/m1/s1. The highest BCUT2D eigenvalue weighted by molar-refractivity contribution is 5.81. The van der Waals surface area contributed by atoms with E-state index in [1.54, 1.807) is 7.05 Å². The fraction of sp³-hybridized carbons (Fsp3) is 0.429. The van der Waals surface area contributed by atoms with Crippen molar-refractivity contribution >= 4 is 11.9 Å². The highest BCUT2D eigenvalue weighted by Gasteiger charge is 2.18. The van der Waals surface area contributed by atoms with Gasteiger partial charge in [-0.25, -0.2) is 0 Å². The molecule has 0 saturated carbocycles. The average molecular weight is 264 g/mol. The number of nitrogens with two attached hydrogens (primary N) is 1. The summed E-state index contributed by atoms with van der Waals surface area (Å²) in [5.41, 5.74) is 6.89. The molecule has 0 unspecified atom stereocenters. The van der Waals surface area contributed by atoms with Gasteiger partial charge < -0.3 is 15.7 Å². The molecule has 1 amide bonds. The van der Waals surface area contributed by atoms with Gasteiger partial charge in [0.1, 0.15) is 0 Å². The smallest absolute Gasteiger partial charge is 0.303 e. The van der Waals surface area contributed by atoms with Gasteiger partial charge in [-0.05, 0) is 18.4 Å². The molecule has 0 radical (unpaired) electrons. The Morgan fingerprint density at radius 2 is 1.95 bits per heavy atom. The number of nitrogens with zero attached hydrogens (tertiary/aromatic N) is 1. The Hall–Kier alpha value is -1.88. The number of amides is 1. The summed E-state index contributed by atoms with van der Waals surface area (Å²) in [6, 6.07) is 8.99. The van der Waals surface area contributed by atoms with Gasteiger partial charge in [0, 0.05) is 20.0 Å². The summed E-state index contributed by atoms with van der Waals surface area (Å²) in [6.07, 6.45) is 0.990. The van der Waals surface area contributed by atoms with Gasteiger partial charge in [-0.1, -0.05) is 30.3 Å². The van der Waals surface area contributed by atoms with Crippen LogP contribution in [0, 0.1) is 0 Å². The van der Waals surface area contributed by atoms with Crippen molar-refractivity contribution in [1.29, 1.82) is 0 Å². The van der Waals surface area contributed by atoms with Crippen LogP contribution in [0.5, 0.6) is 0 Å². The van der Waals surface area contributed by atoms with E-state index in [0.717, 1.165) is 5.56 Å². The molecule has 0 aromatic heterocycles. The second-order valence-electron chi connectivity index (χ2n) is 4.55. The molecule has 0 aliphatic rings. The number of aliphatic carboxylic acids is 1. The van der Waals surface area contributed by atoms with Crippen molar-refractivity contribution < 1.29 is 14.7 Å². The lowest BCUT2D eigenvalue weighted by molar-refractivity contribution is -0.138. The number of likely N-dealkylation sites (N-methyl/N-ethyl adjacent to an activating group) is 1. The zero-order valence-electron chi connectivity index (χ0n) is 11.1. The summed E-state index contributed by atoms with van der Waals surface area (Å²) in [4.78, 5) is 23.9. The minimum absolute atomic E-state index is 0.0611. The van der Waals surface area contributed by atoms with Crippen LogP contribution in [0.2, 0.25) is 0 Å². The first kappa shape index (κ1) is 15.2. The molecule has 1 aromatic carbocycles. The highest BCUT2D eigenvalue weighted by atomic mass is 16.4. The van der Waals surface area contributed by atoms with E-state index >= 15 is 0 Å². The Bertz CT molecular complexity index is 420. The third kappa shape index (κ3) is 5.52. The minimum Gasteiger partial charge on any atom is -0.481 e. The lowest BCUT2D eigenvalue weighted by Gasteiger charge is -2.21. The van der Waals surface area contributed by atoms with E-state index < -0.39 is 12.0 Å². The van der Waals surface area contributed by atoms with Crippen LogP contribution in [0.25, 0.3) is 0 Å². The zero-order chi connectivity index (χ0) is 14.3. The van der Waals surface area contributed by atoms with E-state index in [-0.39, 0.29) is 12.3 Å². The number of carboxylic acid groups (broad SMARTS) is 1. The number of benzene rings is 1. The Labute approximate surface area is 113 Å². The number of carbonyl (C=O) groups excluding carboxylic acids is 1. The molecule has 0 saturated heterocycles. The van der Waals surface area contributed by atoms with Crippen molar-refractivity contribution in [2.45, 2.75) is 25.3 Å². The average Bonchev–Trinajstić information content (AvgIpc) is 2.38. The van der Waals surface area contributed by atoms with Crippen molar-refractivity contribution in [1.82, 2.24) is 4.90 Å². The first-order valence-corrected chi connectivity index (χ1v) is 6.27. The molecule has 3 N–H and O–H groups in total. The van der Waals surface area contributed by atoms with E-state index in [1.807, 2.05) is 30.3 Å². The fourth-order valence-electron chi connectivity index (χ4n) is 1.82. The molecule has 1 atom stereocenters. The summed E-state index contributed by atoms with van der Waals surface area (Å²) < 4.78 is 0. The Morgan fingerprint density at radius 3 is 2.53 bits per heavy atom. The molecule has 0 aliphatic carbocycles. The van der Waals surface area contributed by atoms with Crippen molar-refractivity contribution in [3.63, 3.8) is 0 Å². The molecule has 5 nitrogen and oxygen atoms in total. The maximum absolute atomic E-state index is 12.0. The van der Waals surface area contributed by atoms with Crippen LogP contribution < -0.4 is 5.73 Å². The Balaban J connectivity index is 2.41. The van der Waals surface area contributed by atoms with E-state index in [0.29, 0.717) is 19.4 Å². The van der Waals surface area contributed by atoms with Crippen LogP contribution in [0.1, 0.15) is 18.4 Å². The second-order valence-corrected chi connectivity index (χ2v) is 4.55. The van der Waals surface area contributed by atoms with Crippen LogP contribution in [-0.2, 0) is 16.0 Å². The predicted octanol–water partition coefficient (Wildman–Crippen LogP) is 0.880. The maximum Gasteiger partial charge on any atom is 0.303 e. The van der Waals surface area contributed by atoms with Crippen LogP contribution in [0.15, 0.2) is 30.3 Å².